The Labute approximate surface area is 108 Å². The summed E-state index contributed by atoms with van der Waals surface area (Å²) in [5, 5.41) is 0. The second-order valence-corrected chi connectivity index (χ2v) is 5.79. The maximum Gasteiger partial charge on any atom is 0.410 e. The van der Waals surface area contributed by atoms with E-state index in [1.54, 1.807) is 4.90 Å². The van der Waals surface area contributed by atoms with Crippen LogP contribution >= 0.6 is 0 Å². The zero-order chi connectivity index (χ0) is 13.9. The highest BCUT2D eigenvalue weighted by Gasteiger charge is 2.35. The number of nitrogens with zero attached hydrogens (tertiary/aromatic N) is 1. The van der Waals surface area contributed by atoms with Crippen LogP contribution in [0.3, 0.4) is 0 Å². The molecule has 1 unspecified atom stereocenters. The van der Waals surface area contributed by atoms with E-state index in [4.69, 9.17) is 9.47 Å². The quantitative estimate of drug-likeness (QED) is 0.710. The summed E-state index contributed by atoms with van der Waals surface area (Å²) in [6.45, 7) is 8.57. The smallest absolute Gasteiger partial charge is 0.410 e. The van der Waals surface area contributed by atoms with E-state index < -0.39 is 5.60 Å². The van der Waals surface area contributed by atoms with Crippen molar-refractivity contribution in [3.8, 4) is 0 Å². The molecule has 5 heteroatoms. The molecule has 2 atom stereocenters. The Kier molecular flexibility index (Phi) is 4.59. The fourth-order valence-electron chi connectivity index (χ4n) is 2.07. The summed E-state index contributed by atoms with van der Waals surface area (Å²) in [5.74, 6) is -0.238. The molecule has 1 aliphatic heterocycles. The van der Waals surface area contributed by atoms with E-state index in [1.807, 2.05) is 27.7 Å². The van der Waals surface area contributed by atoms with Crippen LogP contribution in [0.2, 0.25) is 0 Å². The lowest BCUT2D eigenvalue weighted by Gasteiger charge is -2.24. The molecule has 0 N–H and O–H groups in total. The number of carbonyl (C=O) groups excluding carboxylic acids is 2. The fourth-order valence-corrected chi connectivity index (χ4v) is 2.07. The van der Waals surface area contributed by atoms with E-state index >= 15 is 0 Å². The lowest BCUT2D eigenvalue weighted by atomic mass is 9.93. The van der Waals surface area contributed by atoms with Gasteiger partial charge in [0, 0.05) is 13.1 Å². The molecule has 0 aromatic heterocycles. The maximum atomic E-state index is 11.9. The zero-order valence-electron chi connectivity index (χ0n) is 11.9. The van der Waals surface area contributed by atoms with Gasteiger partial charge in [0.15, 0.2) is 0 Å². The van der Waals surface area contributed by atoms with Crippen LogP contribution in [0.25, 0.3) is 0 Å². The second-order valence-electron chi connectivity index (χ2n) is 5.79. The van der Waals surface area contributed by atoms with Crippen molar-refractivity contribution < 1.29 is 19.1 Å². The summed E-state index contributed by atoms with van der Waals surface area (Å²) >= 11 is 0. The van der Waals surface area contributed by atoms with Crippen molar-refractivity contribution in [3.05, 3.63) is 0 Å². The molecule has 0 radical (unpaired) electrons. The lowest BCUT2D eigenvalue weighted by Crippen LogP contribution is -2.36. The molecule has 1 rings (SSSR count). The van der Waals surface area contributed by atoms with Crippen molar-refractivity contribution in [2.45, 2.75) is 39.7 Å². The molecule has 104 valence electrons. The predicted molar refractivity (Wildman–Crippen MR) is 67.1 cm³/mol. The van der Waals surface area contributed by atoms with Gasteiger partial charge in [-0.3, -0.25) is 4.79 Å². The molecular formula is C13H23NO4. The molecule has 0 bridgehead atoms. The summed E-state index contributed by atoms with van der Waals surface area (Å²) in [6, 6.07) is 0. The van der Waals surface area contributed by atoms with Gasteiger partial charge in [0.25, 0.3) is 0 Å². The number of ether oxygens (including phenoxy) is 2. The van der Waals surface area contributed by atoms with E-state index in [2.05, 4.69) is 0 Å². The zero-order valence-corrected chi connectivity index (χ0v) is 11.9. The monoisotopic (exact) mass is 257 g/mol. The molecule has 1 amide bonds. The number of carbonyl (C=O) groups is 2. The van der Waals surface area contributed by atoms with Gasteiger partial charge in [0.05, 0.1) is 13.0 Å². The second kappa shape index (κ2) is 5.59. The van der Waals surface area contributed by atoms with Gasteiger partial charge in [-0.05, 0) is 33.1 Å². The molecule has 0 aromatic carbocycles. The molecule has 1 saturated heterocycles. The third-order valence-electron chi connectivity index (χ3n) is 3.16. The number of likely N-dealkylation sites (tertiary alicyclic amines) is 1. The minimum absolute atomic E-state index is 0.157. The fraction of sp³-hybridized carbons (Fsp3) is 0.846. The van der Waals surface area contributed by atoms with Gasteiger partial charge >= 0.3 is 12.1 Å². The number of rotatable bonds is 2. The number of hydrogen-bond donors (Lipinski definition) is 0. The van der Waals surface area contributed by atoms with Gasteiger partial charge in [-0.1, -0.05) is 6.92 Å². The molecule has 5 nitrogen and oxygen atoms in total. The minimum atomic E-state index is -0.483. The number of esters is 1. The van der Waals surface area contributed by atoms with Crippen LogP contribution < -0.4 is 0 Å². The van der Waals surface area contributed by atoms with Crippen LogP contribution in [0, 0.1) is 11.8 Å². The van der Waals surface area contributed by atoms with Crippen molar-refractivity contribution in [1.29, 1.82) is 0 Å². The number of hydrogen-bond acceptors (Lipinski definition) is 4. The molecule has 0 saturated carbocycles. The van der Waals surface area contributed by atoms with E-state index in [0.717, 1.165) is 6.42 Å². The third-order valence-corrected chi connectivity index (χ3v) is 3.16. The predicted octanol–water partition coefficient (Wildman–Crippen LogP) is 2.05. The van der Waals surface area contributed by atoms with E-state index in [0.29, 0.717) is 13.1 Å². The van der Waals surface area contributed by atoms with Crippen molar-refractivity contribution in [2.75, 3.05) is 20.2 Å². The molecule has 1 heterocycles. The molecule has 0 aromatic rings. The Hall–Kier alpha value is -1.26. The van der Waals surface area contributed by atoms with Gasteiger partial charge in [-0.2, -0.15) is 0 Å². The number of methoxy groups -OCH3 is 1. The van der Waals surface area contributed by atoms with Crippen molar-refractivity contribution in [3.63, 3.8) is 0 Å². The molecular weight excluding hydrogens is 234 g/mol. The van der Waals surface area contributed by atoms with Gasteiger partial charge in [0.2, 0.25) is 0 Å². The topological polar surface area (TPSA) is 55.8 Å². The first kappa shape index (κ1) is 14.8. The average Bonchev–Trinajstić information content (AvgIpc) is 2.73. The Morgan fingerprint density at radius 2 is 1.94 bits per heavy atom. The Morgan fingerprint density at radius 3 is 2.44 bits per heavy atom. The van der Waals surface area contributed by atoms with Crippen molar-refractivity contribution in [2.24, 2.45) is 11.8 Å². The lowest BCUT2D eigenvalue weighted by molar-refractivity contribution is -0.146. The number of amides is 1. The normalized spacial score (nSPS) is 21.6. The first-order chi connectivity index (χ1) is 8.24. The first-order valence-electron chi connectivity index (χ1n) is 6.30. The largest absolute Gasteiger partial charge is 0.469 e. The first-order valence-corrected chi connectivity index (χ1v) is 6.30. The third kappa shape index (κ3) is 3.89. The summed E-state index contributed by atoms with van der Waals surface area (Å²) in [5.41, 5.74) is -0.483. The van der Waals surface area contributed by atoms with Crippen LogP contribution in [0.1, 0.15) is 34.1 Å². The molecule has 0 spiro atoms. The standard InChI is InChI=1S/C13H23NO4/c1-9(11(15)17-5)10-6-7-14(8-10)12(16)18-13(2,3)4/h9-10H,6-8H2,1-5H3/t9?,10-/m0/s1. The molecule has 0 aliphatic carbocycles. The summed E-state index contributed by atoms with van der Waals surface area (Å²) < 4.78 is 10.0. The maximum absolute atomic E-state index is 11.9. The van der Waals surface area contributed by atoms with Crippen molar-refractivity contribution >= 4 is 12.1 Å². The van der Waals surface area contributed by atoms with Gasteiger partial charge in [-0.25, -0.2) is 4.79 Å². The molecule has 1 aliphatic rings. The highest BCUT2D eigenvalue weighted by Crippen LogP contribution is 2.26. The Bertz CT molecular complexity index is 321. The van der Waals surface area contributed by atoms with Gasteiger partial charge < -0.3 is 14.4 Å². The van der Waals surface area contributed by atoms with Gasteiger partial charge in [0.1, 0.15) is 5.60 Å². The summed E-state index contributed by atoms with van der Waals surface area (Å²) in [6.07, 6.45) is 0.511. The van der Waals surface area contributed by atoms with Crippen LogP contribution in [0.4, 0.5) is 4.79 Å². The van der Waals surface area contributed by atoms with E-state index in [1.165, 1.54) is 7.11 Å². The van der Waals surface area contributed by atoms with Crippen LogP contribution in [-0.4, -0.2) is 42.8 Å². The molecule has 1 fully saturated rings. The SMILES string of the molecule is COC(=O)C(C)[C@H]1CCN(C(=O)OC(C)(C)C)C1. The Balaban J connectivity index is 2.51. The summed E-state index contributed by atoms with van der Waals surface area (Å²) in [7, 11) is 1.39. The molecule has 18 heavy (non-hydrogen) atoms. The highest BCUT2D eigenvalue weighted by molar-refractivity contribution is 5.73. The van der Waals surface area contributed by atoms with Crippen LogP contribution in [0.5, 0.6) is 0 Å². The van der Waals surface area contributed by atoms with Crippen molar-refractivity contribution in [1.82, 2.24) is 4.90 Å². The van der Waals surface area contributed by atoms with Crippen LogP contribution in [0.15, 0.2) is 0 Å². The highest BCUT2D eigenvalue weighted by atomic mass is 16.6. The minimum Gasteiger partial charge on any atom is -0.469 e. The summed E-state index contributed by atoms with van der Waals surface area (Å²) in [4.78, 5) is 25.0. The average molecular weight is 257 g/mol. The van der Waals surface area contributed by atoms with E-state index in [-0.39, 0.29) is 23.9 Å². The Morgan fingerprint density at radius 1 is 1.33 bits per heavy atom. The van der Waals surface area contributed by atoms with Crippen LogP contribution in [-0.2, 0) is 14.3 Å². The van der Waals surface area contributed by atoms with E-state index in [9.17, 15) is 9.59 Å². The van der Waals surface area contributed by atoms with Gasteiger partial charge in [-0.15, -0.1) is 0 Å².